The third-order valence-corrected chi connectivity index (χ3v) is 7.12. The first-order valence-corrected chi connectivity index (χ1v) is 11.3. The van der Waals surface area contributed by atoms with Crippen molar-refractivity contribution in [1.29, 1.82) is 0 Å². The Morgan fingerprint density at radius 2 is 1.94 bits per heavy atom. The quantitative estimate of drug-likeness (QED) is 0.688. The van der Waals surface area contributed by atoms with Gasteiger partial charge in [0.05, 0.1) is 5.52 Å². The Balaban J connectivity index is 1.54. The zero-order valence-corrected chi connectivity index (χ0v) is 18.9. The number of nitrogens with one attached hydrogen (secondary N) is 1. The summed E-state index contributed by atoms with van der Waals surface area (Å²) < 4.78 is 6.18. The average molecular weight is 430 g/mol. The van der Waals surface area contributed by atoms with Gasteiger partial charge in [0, 0.05) is 41.2 Å². The number of amides is 2. The third-order valence-electron chi connectivity index (χ3n) is 7.12. The van der Waals surface area contributed by atoms with E-state index in [1.165, 1.54) is 0 Å². The van der Waals surface area contributed by atoms with Gasteiger partial charge in [-0.25, -0.2) is 0 Å². The Morgan fingerprint density at radius 3 is 2.75 bits per heavy atom. The molecule has 0 aliphatic carbocycles. The summed E-state index contributed by atoms with van der Waals surface area (Å²) in [7, 11) is 0. The summed E-state index contributed by atoms with van der Waals surface area (Å²) in [6.45, 7) is 8.94. The first kappa shape index (κ1) is 19.4. The van der Waals surface area contributed by atoms with Gasteiger partial charge in [-0.2, -0.15) is 0 Å². The molecule has 4 aliphatic heterocycles. The second-order valence-electron chi connectivity index (χ2n) is 10.3. The molecule has 0 bridgehead atoms. The van der Waals surface area contributed by atoms with Gasteiger partial charge in [-0.05, 0) is 50.1 Å². The monoisotopic (exact) mass is 429 g/mol. The van der Waals surface area contributed by atoms with E-state index < -0.39 is 6.04 Å². The number of hydrogen-bond acceptors (Lipinski definition) is 3. The lowest BCUT2D eigenvalue weighted by Gasteiger charge is -2.40. The van der Waals surface area contributed by atoms with Gasteiger partial charge < -0.3 is 19.5 Å². The van der Waals surface area contributed by atoms with E-state index in [4.69, 9.17) is 4.74 Å². The minimum atomic E-state index is -0.537. The number of allylic oxidation sites excluding steroid dienone is 1. The Morgan fingerprint density at radius 1 is 1.12 bits per heavy atom. The van der Waals surface area contributed by atoms with Crippen LogP contribution in [-0.4, -0.2) is 44.8 Å². The molecule has 1 aromatic carbocycles. The van der Waals surface area contributed by atoms with Crippen molar-refractivity contribution < 1.29 is 14.3 Å². The molecule has 2 amide bonds. The molecule has 1 atom stereocenters. The molecule has 1 N–H and O–H groups in total. The second-order valence-corrected chi connectivity index (χ2v) is 10.3. The number of aromatic amines is 1. The van der Waals surface area contributed by atoms with Crippen LogP contribution in [0.5, 0.6) is 5.75 Å². The Labute approximate surface area is 187 Å². The van der Waals surface area contributed by atoms with E-state index in [1.54, 1.807) is 9.80 Å². The standard InChI is InChI=1S/C26H27N3O3/c1-25(2)11-13-29-19(24(31)28-12-5-6-18(28)23(29)30)14-17-15-7-8-20-16(21(15)27-22(17)25)9-10-26(3,4)32-20/h6-11,13,19,27H,5,12,14H2,1-4H3/b13-11-/t19-/m0/s1. The fourth-order valence-electron chi connectivity index (χ4n) is 5.41. The highest BCUT2D eigenvalue weighted by Gasteiger charge is 2.45. The summed E-state index contributed by atoms with van der Waals surface area (Å²) in [5.74, 6) is 0.768. The minimum Gasteiger partial charge on any atom is -0.483 e. The van der Waals surface area contributed by atoms with Crippen molar-refractivity contribution in [3.8, 4) is 5.75 Å². The molecule has 6 rings (SSSR count). The van der Waals surface area contributed by atoms with Gasteiger partial charge in [0.15, 0.2) is 0 Å². The maximum atomic E-state index is 13.4. The molecule has 1 aromatic heterocycles. The van der Waals surface area contributed by atoms with Gasteiger partial charge in [0.25, 0.3) is 11.8 Å². The van der Waals surface area contributed by atoms with Crippen LogP contribution in [0.3, 0.4) is 0 Å². The molecule has 0 spiro atoms. The molecule has 0 saturated carbocycles. The van der Waals surface area contributed by atoms with Crippen LogP contribution in [0.15, 0.2) is 42.3 Å². The van der Waals surface area contributed by atoms with Crippen molar-refractivity contribution in [2.24, 2.45) is 0 Å². The fraction of sp³-hybridized carbons (Fsp3) is 0.385. The molecule has 5 heterocycles. The van der Waals surface area contributed by atoms with Crippen LogP contribution < -0.4 is 4.74 Å². The fourth-order valence-corrected chi connectivity index (χ4v) is 5.41. The molecule has 164 valence electrons. The largest absolute Gasteiger partial charge is 0.483 e. The molecule has 6 heteroatoms. The van der Waals surface area contributed by atoms with Crippen LogP contribution in [0.1, 0.15) is 50.9 Å². The van der Waals surface area contributed by atoms with E-state index in [0.717, 1.165) is 39.9 Å². The number of carbonyl (C=O) groups excluding carboxylic acids is 2. The number of aromatic nitrogens is 1. The summed E-state index contributed by atoms with van der Waals surface area (Å²) in [4.78, 5) is 33.6. The third kappa shape index (κ3) is 2.58. The molecule has 0 unspecified atom stereocenters. The van der Waals surface area contributed by atoms with Crippen molar-refractivity contribution >= 4 is 28.8 Å². The summed E-state index contributed by atoms with van der Waals surface area (Å²) in [5, 5.41) is 1.08. The van der Waals surface area contributed by atoms with E-state index in [0.29, 0.717) is 18.7 Å². The van der Waals surface area contributed by atoms with Gasteiger partial charge in [0.2, 0.25) is 0 Å². The molecule has 6 nitrogen and oxygen atoms in total. The number of rotatable bonds is 0. The van der Waals surface area contributed by atoms with Crippen LogP contribution in [0, 0.1) is 0 Å². The number of fused-ring (bicyclic) bond motifs is 7. The average Bonchev–Trinajstić information content (AvgIpc) is 3.35. The topological polar surface area (TPSA) is 65.6 Å². The highest BCUT2D eigenvalue weighted by molar-refractivity contribution is 6.06. The van der Waals surface area contributed by atoms with E-state index in [9.17, 15) is 9.59 Å². The highest BCUT2D eigenvalue weighted by Crippen LogP contribution is 2.42. The van der Waals surface area contributed by atoms with Crippen LogP contribution in [-0.2, 0) is 21.4 Å². The second kappa shape index (κ2) is 6.15. The Hall–Kier alpha value is -3.28. The van der Waals surface area contributed by atoms with Gasteiger partial charge >= 0.3 is 0 Å². The Kier molecular flexibility index (Phi) is 3.73. The van der Waals surface area contributed by atoms with E-state index >= 15 is 0 Å². The lowest BCUT2D eigenvalue weighted by atomic mass is 9.82. The number of piperazine rings is 1. The maximum Gasteiger partial charge on any atom is 0.274 e. The van der Waals surface area contributed by atoms with Crippen LogP contribution >= 0.6 is 0 Å². The van der Waals surface area contributed by atoms with Crippen LogP contribution in [0.25, 0.3) is 17.0 Å². The predicted octanol–water partition coefficient (Wildman–Crippen LogP) is 4.03. The number of H-pyrrole nitrogens is 1. The lowest BCUT2D eigenvalue weighted by Crippen LogP contribution is -2.56. The highest BCUT2D eigenvalue weighted by atomic mass is 16.5. The van der Waals surface area contributed by atoms with Gasteiger partial charge in [0.1, 0.15) is 23.1 Å². The zero-order chi connectivity index (χ0) is 22.4. The van der Waals surface area contributed by atoms with Gasteiger partial charge in [-0.3, -0.25) is 9.59 Å². The van der Waals surface area contributed by atoms with Crippen molar-refractivity contribution in [2.75, 3.05) is 6.54 Å². The number of carbonyl (C=O) groups is 2. The number of nitrogens with zero attached hydrogens (tertiary/aromatic N) is 2. The smallest absolute Gasteiger partial charge is 0.274 e. The van der Waals surface area contributed by atoms with Gasteiger partial charge in [-0.15, -0.1) is 0 Å². The summed E-state index contributed by atoms with van der Waals surface area (Å²) in [5.41, 5.74) is 4.06. The molecule has 4 aliphatic rings. The normalized spacial score (nSPS) is 25.9. The SMILES string of the molecule is CC1(C)C=Cc2c(ccc3c4c([nH]c23)C(C)(C)/C=C\N2C(=O)C3=CCCN3C(=O)[C@@H]2C4)O1. The van der Waals surface area contributed by atoms with E-state index in [2.05, 4.69) is 37.0 Å². The summed E-state index contributed by atoms with van der Waals surface area (Å²) >= 11 is 0. The predicted molar refractivity (Wildman–Crippen MR) is 123 cm³/mol. The first-order valence-electron chi connectivity index (χ1n) is 11.3. The molecule has 1 fully saturated rings. The summed E-state index contributed by atoms with van der Waals surface area (Å²) in [6, 6.07) is 3.57. The molecule has 1 saturated heterocycles. The minimum absolute atomic E-state index is 0.000875. The number of hydrogen-bond donors (Lipinski definition) is 1. The van der Waals surface area contributed by atoms with Crippen molar-refractivity contribution in [3.63, 3.8) is 0 Å². The number of ether oxygens (including phenoxy) is 1. The lowest BCUT2D eigenvalue weighted by molar-refractivity contribution is -0.147. The van der Waals surface area contributed by atoms with Crippen LogP contribution in [0.2, 0.25) is 0 Å². The van der Waals surface area contributed by atoms with Gasteiger partial charge in [-0.1, -0.05) is 26.0 Å². The summed E-state index contributed by atoms with van der Waals surface area (Å²) in [6.07, 6.45) is 11.1. The van der Waals surface area contributed by atoms with Crippen molar-refractivity contribution in [1.82, 2.24) is 14.8 Å². The molecular weight excluding hydrogens is 402 g/mol. The van der Waals surface area contributed by atoms with Crippen molar-refractivity contribution in [3.05, 3.63) is 59.1 Å². The molecular formula is C26H27N3O3. The Bertz CT molecular complexity index is 1290. The van der Waals surface area contributed by atoms with E-state index in [1.807, 2.05) is 38.3 Å². The first-order chi connectivity index (χ1) is 15.2. The maximum absolute atomic E-state index is 13.4. The molecule has 0 radical (unpaired) electrons. The van der Waals surface area contributed by atoms with E-state index in [-0.39, 0.29) is 22.8 Å². The van der Waals surface area contributed by atoms with Crippen LogP contribution in [0.4, 0.5) is 0 Å². The molecule has 2 aromatic rings. The van der Waals surface area contributed by atoms with Crippen molar-refractivity contribution in [2.45, 2.75) is 57.6 Å². The molecule has 32 heavy (non-hydrogen) atoms. The number of benzene rings is 1. The zero-order valence-electron chi connectivity index (χ0n) is 18.9.